The summed E-state index contributed by atoms with van der Waals surface area (Å²) in [7, 11) is 0. The van der Waals surface area contributed by atoms with E-state index in [9.17, 15) is 4.79 Å². The third-order valence-corrected chi connectivity index (χ3v) is 11.1. The Hall–Kier alpha value is -0.380. The number of rotatable bonds is 39. The van der Waals surface area contributed by atoms with E-state index in [1.165, 1.54) is 224 Å². The molecule has 46 heavy (non-hydrogen) atoms. The standard InChI is InChI=1S/C42H85NO2S/c1-4-7-9-11-13-15-17-19-21-23-24-26-28-30-32-34-36-38-41(40-45-42(44)43-6-3)46-39-37-35-33-31-29-27-25-22-20-18-16-14-12-10-8-5-2/h41H,4-40H2,1-3H3,(H,43,44). The van der Waals surface area contributed by atoms with Gasteiger partial charge in [0.2, 0.25) is 0 Å². The number of alkyl carbamates (subject to hydrolysis) is 1. The largest absolute Gasteiger partial charge is 0.448 e. The lowest BCUT2D eigenvalue weighted by Crippen LogP contribution is -2.27. The van der Waals surface area contributed by atoms with E-state index < -0.39 is 0 Å². The fourth-order valence-electron chi connectivity index (χ4n) is 6.58. The van der Waals surface area contributed by atoms with Crippen molar-refractivity contribution in [1.82, 2.24) is 5.32 Å². The molecule has 1 N–H and O–H groups in total. The van der Waals surface area contributed by atoms with Gasteiger partial charge in [-0.1, -0.05) is 219 Å². The zero-order valence-corrected chi connectivity index (χ0v) is 32.8. The van der Waals surface area contributed by atoms with Gasteiger partial charge >= 0.3 is 6.09 Å². The molecule has 0 aliphatic rings. The number of nitrogens with one attached hydrogen (secondary N) is 1. The summed E-state index contributed by atoms with van der Waals surface area (Å²) in [5.41, 5.74) is 0. The number of carbonyl (C=O) groups excluding carboxylic acids is 1. The van der Waals surface area contributed by atoms with Gasteiger partial charge in [0.15, 0.2) is 0 Å². The third-order valence-electron chi connectivity index (χ3n) is 9.70. The van der Waals surface area contributed by atoms with Crippen LogP contribution in [0, 0.1) is 0 Å². The number of ether oxygens (including phenoxy) is 1. The first-order valence-corrected chi connectivity index (χ1v) is 22.3. The minimum atomic E-state index is -0.252. The first kappa shape index (κ1) is 45.6. The van der Waals surface area contributed by atoms with Crippen LogP contribution in [0.4, 0.5) is 4.79 Å². The highest BCUT2D eigenvalue weighted by molar-refractivity contribution is 7.99. The lowest BCUT2D eigenvalue weighted by molar-refractivity contribution is 0.146. The minimum Gasteiger partial charge on any atom is -0.448 e. The maximum atomic E-state index is 11.9. The molecule has 0 fully saturated rings. The van der Waals surface area contributed by atoms with Crippen LogP contribution in [0.3, 0.4) is 0 Å². The summed E-state index contributed by atoms with van der Waals surface area (Å²) in [6.07, 6.45) is 47.7. The van der Waals surface area contributed by atoms with Crippen LogP contribution in [0.1, 0.15) is 239 Å². The van der Waals surface area contributed by atoms with Gasteiger partial charge < -0.3 is 10.1 Å². The van der Waals surface area contributed by atoms with Crippen molar-refractivity contribution in [2.45, 2.75) is 244 Å². The second-order valence-electron chi connectivity index (χ2n) is 14.4. The van der Waals surface area contributed by atoms with Crippen molar-refractivity contribution in [2.24, 2.45) is 0 Å². The predicted octanol–water partition coefficient (Wildman–Crippen LogP) is 15.1. The van der Waals surface area contributed by atoms with Gasteiger partial charge in [0.25, 0.3) is 0 Å². The molecule has 1 atom stereocenters. The van der Waals surface area contributed by atoms with Crippen LogP contribution in [-0.2, 0) is 4.74 Å². The second-order valence-corrected chi connectivity index (χ2v) is 15.8. The molecule has 0 aromatic carbocycles. The Morgan fingerprint density at radius 2 is 0.761 bits per heavy atom. The second kappa shape index (κ2) is 40.8. The molecular formula is C42H85NO2S. The molecule has 0 bridgehead atoms. The van der Waals surface area contributed by atoms with E-state index in [1.54, 1.807) is 0 Å². The maximum Gasteiger partial charge on any atom is 0.407 e. The SMILES string of the molecule is CCCCCCCCCCCCCCCCCCCC(COC(=O)NCC)SCCCCCCCCCCCCCCCCCC. The van der Waals surface area contributed by atoms with Crippen molar-refractivity contribution in [3.63, 3.8) is 0 Å². The predicted molar refractivity (Wildman–Crippen MR) is 210 cm³/mol. The molecule has 0 spiro atoms. The Balaban J connectivity index is 3.69. The average Bonchev–Trinajstić information content (AvgIpc) is 3.06. The van der Waals surface area contributed by atoms with Crippen molar-refractivity contribution in [1.29, 1.82) is 0 Å². The van der Waals surface area contributed by atoms with Crippen LogP contribution in [0.15, 0.2) is 0 Å². The van der Waals surface area contributed by atoms with Gasteiger partial charge in [-0.2, -0.15) is 11.8 Å². The number of hydrogen-bond donors (Lipinski definition) is 1. The molecule has 1 unspecified atom stereocenters. The lowest BCUT2D eigenvalue weighted by Gasteiger charge is -2.17. The molecule has 0 saturated carbocycles. The summed E-state index contributed by atoms with van der Waals surface area (Å²) in [6.45, 7) is 7.74. The fourth-order valence-corrected chi connectivity index (χ4v) is 7.78. The highest BCUT2D eigenvalue weighted by atomic mass is 32.2. The zero-order valence-electron chi connectivity index (χ0n) is 32.0. The first-order chi connectivity index (χ1) is 22.7. The molecule has 0 aliphatic carbocycles. The quantitative estimate of drug-likeness (QED) is 0.0663. The molecule has 3 nitrogen and oxygen atoms in total. The Bertz CT molecular complexity index is 534. The van der Waals surface area contributed by atoms with Gasteiger partial charge in [-0.25, -0.2) is 4.79 Å². The maximum absolute atomic E-state index is 11.9. The normalized spacial score (nSPS) is 12.1. The molecule has 0 radical (unpaired) electrons. The summed E-state index contributed by atoms with van der Waals surface area (Å²) < 4.78 is 5.54. The number of hydrogen-bond acceptors (Lipinski definition) is 3. The highest BCUT2D eigenvalue weighted by Gasteiger charge is 2.12. The van der Waals surface area contributed by atoms with E-state index >= 15 is 0 Å². The first-order valence-electron chi connectivity index (χ1n) is 21.3. The van der Waals surface area contributed by atoms with Crippen molar-refractivity contribution < 1.29 is 9.53 Å². The molecule has 0 saturated heterocycles. The van der Waals surface area contributed by atoms with Gasteiger partial charge in [0, 0.05) is 11.8 Å². The van der Waals surface area contributed by atoms with E-state index in [1.807, 2.05) is 6.92 Å². The molecule has 0 aromatic rings. The molecule has 0 aliphatic heterocycles. The van der Waals surface area contributed by atoms with Crippen molar-refractivity contribution in [3.05, 3.63) is 0 Å². The van der Waals surface area contributed by atoms with Crippen LogP contribution < -0.4 is 5.32 Å². The number of thioether (sulfide) groups is 1. The van der Waals surface area contributed by atoms with Crippen molar-refractivity contribution in [2.75, 3.05) is 18.9 Å². The van der Waals surface area contributed by atoms with Crippen molar-refractivity contribution in [3.8, 4) is 0 Å². The summed E-state index contributed by atoms with van der Waals surface area (Å²) in [4.78, 5) is 11.9. The summed E-state index contributed by atoms with van der Waals surface area (Å²) in [5, 5.41) is 3.24. The Morgan fingerprint density at radius 1 is 0.457 bits per heavy atom. The van der Waals surface area contributed by atoms with Crippen LogP contribution in [0.5, 0.6) is 0 Å². The van der Waals surface area contributed by atoms with Crippen LogP contribution in [0.25, 0.3) is 0 Å². The van der Waals surface area contributed by atoms with Gasteiger partial charge in [0.1, 0.15) is 6.61 Å². The summed E-state index contributed by atoms with van der Waals surface area (Å²) >= 11 is 2.05. The van der Waals surface area contributed by atoms with Crippen LogP contribution in [0.2, 0.25) is 0 Å². The molecule has 0 aromatic heterocycles. The van der Waals surface area contributed by atoms with E-state index in [2.05, 4.69) is 30.9 Å². The molecule has 0 heterocycles. The van der Waals surface area contributed by atoms with E-state index in [0.29, 0.717) is 18.4 Å². The van der Waals surface area contributed by atoms with Gasteiger partial charge in [-0.05, 0) is 25.5 Å². The van der Waals surface area contributed by atoms with Crippen molar-refractivity contribution >= 4 is 17.9 Å². The van der Waals surface area contributed by atoms with Gasteiger partial charge in [0.05, 0.1) is 0 Å². The van der Waals surface area contributed by atoms with Crippen LogP contribution in [-0.4, -0.2) is 30.2 Å². The van der Waals surface area contributed by atoms with Crippen LogP contribution >= 0.6 is 11.8 Å². The monoisotopic (exact) mass is 668 g/mol. The number of amides is 1. The summed E-state index contributed by atoms with van der Waals surface area (Å²) in [6, 6.07) is 0. The lowest BCUT2D eigenvalue weighted by atomic mass is 10.0. The molecule has 276 valence electrons. The Labute approximate surface area is 295 Å². The Morgan fingerprint density at radius 3 is 1.09 bits per heavy atom. The van der Waals surface area contributed by atoms with E-state index in [0.717, 1.165) is 0 Å². The van der Waals surface area contributed by atoms with E-state index in [4.69, 9.17) is 4.74 Å². The number of carbonyl (C=O) groups is 1. The molecule has 1 amide bonds. The average molecular weight is 668 g/mol. The third kappa shape index (κ3) is 38.1. The van der Waals surface area contributed by atoms with E-state index in [-0.39, 0.29) is 6.09 Å². The molecule has 4 heteroatoms. The Kier molecular flexibility index (Phi) is 40.5. The topological polar surface area (TPSA) is 38.3 Å². The number of unbranched alkanes of at least 4 members (excludes halogenated alkanes) is 31. The molecular weight excluding hydrogens is 583 g/mol. The minimum absolute atomic E-state index is 0.252. The highest BCUT2D eigenvalue weighted by Crippen LogP contribution is 2.22. The zero-order chi connectivity index (χ0) is 33.4. The van der Waals surface area contributed by atoms with Gasteiger partial charge in [-0.3, -0.25) is 0 Å². The molecule has 0 rings (SSSR count). The smallest absolute Gasteiger partial charge is 0.407 e. The summed E-state index contributed by atoms with van der Waals surface area (Å²) in [5.74, 6) is 1.21. The van der Waals surface area contributed by atoms with Gasteiger partial charge in [-0.15, -0.1) is 0 Å². The fraction of sp³-hybridized carbons (Fsp3) is 0.976.